The van der Waals surface area contributed by atoms with Crippen LogP contribution in [0.25, 0.3) is 22.3 Å². The lowest BCUT2D eigenvalue weighted by molar-refractivity contribution is 0.590. The number of para-hydroxylation sites is 7. The van der Waals surface area contributed by atoms with Crippen LogP contribution >= 0.6 is 11.6 Å². The molecule has 74 heavy (non-hydrogen) atoms. The van der Waals surface area contributed by atoms with Gasteiger partial charge in [0.05, 0.1) is 0 Å². The van der Waals surface area contributed by atoms with Crippen LogP contribution in [0.15, 0.2) is 272 Å². The summed E-state index contributed by atoms with van der Waals surface area (Å²) in [6.45, 7) is -0.384. The first-order valence-electron chi connectivity index (χ1n) is 25.3. The third-order valence-corrected chi connectivity index (χ3v) is 16.3. The van der Waals surface area contributed by atoms with Crippen molar-refractivity contribution in [3.8, 4) is 28.0 Å². The van der Waals surface area contributed by atoms with Crippen LogP contribution in [-0.4, -0.2) is 12.9 Å². The number of anilines is 12. The molecule has 0 radical (unpaired) electrons. The van der Waals surface area contributed by atoms with E-state index in [9.17, 15) is 0 Å². The van der Waals surface area contributed by atoms with Gasteiger partial charge < -0.3 is 24.3 Å². The molecule has 0 saturated carbocycles. The molecule has 4 heterocycles. The van der Waals surface area contributed by atoms with E-state index in [0.29, 0.717) is 0 Å². The van der Waals surface area contributed by atoms with Gasteiger partial charge >= 0.3 is 6.92 Å². The monoisotopic (exact) mass is 962 g/mol. The van der Waals surface area contributed by atoms with Crippen molar-refractivity contribution in [3.05, 3.63) is 267 Å². The van der Waals surface area contributed by atoms with E-state index in [-0.39, 0.29) is 12.9 Å². The number of rotatable bonds is 8. The van der Waals surface area contributed by atoms with E-state index in [1.165, 1.54) is 32.5 Å². The molecule has 0 aromatic heterocycles. The van der Waals surface area contributed by atoms with Crippen molar-refractivity contribution in [3.63, 3.8) is 0 Å². The summed E-state index contributed by atoms with van der Waals surface area (Å²) in [6.07, 6.45) is 0. The highest BCUT2D eigenvalue weighted by Gasteiger charge is 2.47. The molecule has 0 atom stereocenters. The number of hydrogen-bond donors (Lipinski definition) is 0. The summed E-state index contributed by atoms with van der Waals surface area (Å²) in [5.41, 5.74) is 22.8. The molecule has 4 aliphatic rings. The molecule has 0 spiro atoms. The van der Waals surface area contributed by atoms with Crippen molar-refractivity contribution < 1.29 is 4.65 Å². The summed E-state index contributed by atoms with van der Waals surface area (Å²) >= 11 is 1.96. The Morgan fingerprint density at radius 3 is 1.27 bits per heavy atom. The molecule has 11 aromatic carbocycles. The van der Waals surface area contributed by atoms with Crippen LogP contribution in [0.2, 0.25) is 0 Å². The van der Waals surface area contributed by atoms with Crippen molar-refractivity contribution in [2.75, 3.05) is 19.6 Å². The molecule has 15 rings (SSSR count). The zero-order valence-electron chi connectivity index (χ0n) is 40.2. The van der Waals surface area contributed by atoms with Gasteiger partial charge in [-0.15, -0.1) is 0 Å². The molecular formula is C66H44B2N4OS. The van der Waals surface area contributed by atoms with Crippen LogP contribution in [0.1, 0.15) is 0 Å². The van der Waals surface area contributed by atoms with Gasteiger partial charge in [-0.3, -0.25) is 0 Å². The fourth-order valence-electron chi connectivity index (χ4n) is 11.9. The van der Waals surface area contributed by atoms with Gasteiger partial charge in [0.25, 0.3) is 5.99 Å². The number of fused-ring (bicyclic) bond motifs is 8. The largest absolute Gasteiger partial charge is 0.551 e. The van der Waals surface area contributed by atoms with E-state index >= 15 is 0 Å². The minimum Gasteiger partial charge on any atom is -0.551 e. The molecule has 0 unspecified atom stereocenters. The van der Waals surface area contributed by atoms with Gasteiger partial charge in [-0.2, -0.15) is 11.6 Å². The zero-order chi connectivity index (χ0) is 48.7. The summed E-state index contributed by atoms with van der Waals surface area (Å²) < 4.78 is 7.41. The van der Waals surface area contributed by atoms with Gasteiger partial charge in [0, 0.05) is 84.2 Å². The highest BCUT2D eigenvalue weighted by atomic mass is 32.2. The summed E-state index contributed by atoms with van der Waals surface area (Å²) in [7, 11) is 0. The second-order valence-electron chi connectivity index (χ2n) is 19.2. The molecule has 5 nitrogen and oxygen atoms in total. The van der Waals surface area contributed by atoms with Crippen molar-refractivity contribution in [2.24, 2.45) is 0 Å². The van der Waals surface area contributed by atoms with Crippen molar-refractivity contribution in [2.45, 2.75) is 4.90 Å². The molecule has 4 aliphatic heterocycles. The molecule has 0 saturated heterocycles. The van der Waals surface area contributed by atoms with E-state index in [1.54, 1.807) is 0 Å². The minimum absolute atomic E-state index is 0.0132. The Hall–Kier alpha value is -9.10. The van der Waals surface area contributed by atoms with Crippen LogP contribution in [0.5, 0.6) is 5.75 Å². The zero-order valence-corrected chi connectivity index (χ0v) is 41.0. The topological polar surface area (TPSA) is 22.2 Å². The van der Waals surface area contributed by atoms with Crippen LogP contribution in [0.3, 0.4) is 0 Å². The maximum Gasteiger partial charge on any atom is 0.431 e. The average Bonchev–Trinajstić information content (AvgIpc) is 3.48. The normalized spacial score (nSPS) is 13.1. The predicted octanol–water partition coefficient (Wildman–Crippen LogP) is 15.2. The fourth-order valence-corrected chi connectivity index (χ4v) is 13.3. The molecule has 346 valence electrons. The lowest BCUT2D eigenvalue weighted by atomic mass is 9.47. The van der Waals surface area contributed by atoms with Gasteiger partial charge in [0.1, 0.15) is 5.75 Å². The first kappa shape index (κ1) is 42.6. The lowest BCUT2D eigenvalue weighted by Gasteiger charge is -2.44. The second kappa shape index (κ2) is 17.3. The average molecular weight is 963 g/mol. The molecule has 11 aromatic rings. The van der Waals surface area contributed by atoms with Crippen LogP contribution in [0, 0.1) is 0 Å². The quantitative estimate of drug-likeness (QED) is 0.141. The second-order valence-corrected chi connectivity index (χ2v) is 20.3. The van der Waals surface area contributed by atoms with Gasteiger partial charge in [0.15, 0.2) is 0 Å². The summed E-state index contributed by atoms with van der Waals surface area (Å²) in [4.78, 5) is 11.1. The van der Waals surface area contributed by atoms with E-state index in [4.69, 9.17) is 4.65 Å². The molecule has 0 fully saturated rings. The summed E-state index contributed by atoms with van der Waals surface area (Å²) in [6, 6.07) is 97.0. The van der Waals surface area contributed by atoms with Crippen LogP contribution in [0.4, 0.5) is 68.2 Å². The van der Waals surface area contributed by atoms with Gasteiger partial charge in [-0.05, 0) is 148 Å². The van der Waals surface area contributed by atoms with E-state index in [2.05, 4.69) is 287 Å². The maximum absolute atomic E-state index is 7.41. The molecule has 0 aliphatic carbocycles. The Bertz CT molecular complexity index is 3610. The minimum atomic E-state index is -0.384. The molecule has 0 amide bonds. The Balaban J connectivity index is 1.02. The molecule has 8 heteroatoms. The Morgan fingerprint density at radius 2 is 0.743 bits per heavy atom. The van der Waals surface area contributed by atoms with Crippen molar-refractivity contribution in [1.29, 1.82) is 0 Å². The van der Waals surface area contributed by atoms with Crippen LogP contribution in [-0.2, 0) is 0 Å². The van der Waals surface area contributed by atoms with E-state index in [0.717, 1.165) is 90.5 Å². The van der Waals surface area contributed by atoms with Gasteiger partial charge in [-0.1, -0.05) is 152 Å². The number of nitrogens with zero attached hydrogens (tertiary/aromatic N) is 4. The molecular weight excluding hydrogens is 918 g/mol. The highest BCUT2D eigenvalue weighted by molar-refractivity contribution is 8.28. The molecule has 0 N–H and O–H groups in total. The van der Waals surface area contributed by atoms with Crippen molar-refractivity contribution >= 4 is 115 Å². The van der Waals surface area contributed by atoms with Crippen molar-refractivity contribution in [1.82, 2.24) is 0 Å². The smallest absolute Gasteiger partial charge is 0.431 e. The third-order valence-electron chi connectivity index (χ3n) is 15.0. The van der Waals surface area contributed by atoms with E-state index in [1.807, 2.05) is 11.6 Å². The number of hydrogen-bond acceptors (Lipinski definition) is 6. The summed E-state index contributed by atoms with van der Waals surface area (Å²) in [5, 5.41) is 0. The third kappa shape index (κ3) is 6.75. The van der Waals surface area contributed by atoms with Gasteiger partial charge in [-0.25, -0.2) is 0 Å². The lowest BCUT2D eigenvalue weighted by Crippen LogP contribution is -2.59. The Morgan fingerprint density at radius 1 is 0.324 bits per heavy atom. The fraction of sp³-hybridized carbons (Fsp3) is 0. The molecule has 0 bridgehead atoms. The first-order valence-corrected chi connectivity index (χ1v) is 26.2. The maximum atomic E-state index is 7.41. The highest BCUT2D eigenvalue weighted by Crippen LogP contribution is 2.52. The summed E-state index contributed by atoms with van der Waals surface area (Å²) in [5.74, 6) is 0.866. The predicted molar refractivity (Wildman–Crippen MR) is 313 cm³/mol. The Kier molecular flexibility index (Phi) is 9.95. The number of benzene rings is 11. The Labute approximate surface area is 436 Å². The standard InChI is InChI=1S/C66H44B2N4OS/c1-7-23-45(24-8-1)69(46-25-9-2-10-26-46)51-39-55-53-35-19-21-37-63(53)73-67-57-43-58-60(44-59(57)71(61(41-51)65(55)67)49-31-15-5-16-32-49)72(50-33-17-6-18-34-50)62-42-52(40-56-54-36-20-22-38-64(54)74-68(58)66(56)62)70(47-27-11-3-12-28-47)48-29-13-4-14-30-48/h1-44H. The van der Waals surface area contributed by atoms with Gasteiger partial charge in [0.2, 0.25) is 0 Å². The van der Waals surface area contributed by atoms with E-state index < -0.39 is 0 Å². The first-order chi connectivity index (χ1) is 36.7. The SMILES string of the molecule is c1ccc(N(c2ccccc2)c2cc3c4c(c2)N(c2ccccc2)c2cc5c(cc2B4Oc2ccccc2-3)B2Sc3ccccc3-c3cc(N(c4ccccc4)c4ccccc4)cc(c32)N5c2ccccc2)cc1. The van der Waals surface area contributed by atoms with Crippen LogP contribution < -0.4 is 46.1 Å².